The van der Waals surface area contributed by atoms with E-state index in [0.717, 1.165) is 28.1 Å². The smallest absolute Gasteiger partial charge is 0.221 e. The van der Waals surface area contributed by atoms with Crippen molar-refractivity contribution in [1.82, 2.24) is 10.2 Å². The van der Waals surface area contributed by atoms with Gasteiger partial charge < -0.3 is 5.32 Å². The Morgan fingerprint density at radius 3 is 2.64 bits per heavy atom. The van der Waals surface area contributed by atoms with Crippen molar-refractivity contribution in [3.8, 4) is 22.4 Å². The van der Waals surface area contributed by atoms with Gasteiger partial charge in [-0.25, -0.2) is 4.39 Å². The third-order valence-electron chi connectivity index (χ3n) is 3.27. The highest BCUT2D eigenvalue weighted by molar-refractivity contribution is 5.90. The van der Waals surface area contributed by atoms with Gasteiger partial charge in [-0.05, 0) is 42.0 Å². The minimum Gasteiger partial charge on any atom is -0.326 e. The molecule has 0 radical (unpaired) electrons. The summed E-state index contributed by atoms with van der Waals surface area (Å²) in [4.78, 5) is 11.2. The van der Waals surface area contributed by atoms with Crippen molar-refractivity contribution < 1.29 is 9.18 Å². The van der Waals surface area contributed by atoms with Crippen LogP contribution in [0.2, 0.25) is 0 Å². The molecule has 1 amide bonds. The minimum atomic E-state index is -0.280. The zero-order valence-electron chi connectivity index (χ0n) is 11.9. The molecule has 2 aromatic carbocycles. The molecule has 0 saturated carbocycles. The fourth-order valence-electron chi connectivity index (χ4n) is 2.31. The molecule has 3 aromatic rings. The Labute approximate surface area is 127 Å². The maximum absolute atomic E-state index is 13.1. The molecular weight excluding hydrogens is 281 g/mol. The number of nitrogens with zero attached hydrogens (tertiary/aromatic N) is 1. The van der Waals surface area contributed by atoms with E-state index in [1.54, 1.807) is 18.3 Å². The van der Waals surface area contributed by atoms with Crippen LogP contribution in [0.5, 0.6) is 0 Å². The van der Waals surface area contributed by atoms with Gasteiger partial charge in [-0.3, -0.25) is 9.89 Å². The lowest BCUT2D eigenvalue weighted by molar-refractivity contribution is -0.114. The number of H-pyrrole nitrogens is 1. The van der Waals surface area contributed by atoms with Crippen LogP contribution >= 0.6 is 0 Å². The Kier molecular flexibility index (Phi) is 3.70. The summed E-state index contributed by atoms with van der Waals surface area (Å²) >= 11 is 0. The highest BCUT2D eigenvalue weighted by atomic mass is 19.1. The number of carbonyl (C=O) groups excluding carboxylic acids is 1. The number of benzene rings is 2. The van der Waals surface area contributed by atoms with Crippen LogP contribution in [-0.2, 0) is 4.79 Å². The highest BCUT2D eigenvalue weighted by Crippen LogP contribution is 2.31. The standard InChI is InChI=1S/C17H14FN3O/c1-11(22)20-15-4-2-3-13(9-15)16-10-19-21-17(16)12-5-7-14(18)8-6-12/h2-10H,1H3,(H,19,21)(H,20,22). The van der Waals surface area contributed by atoms with Crippen LogP contribution in [0.15, 0.2) is 54.7 Å². The molecule has 0 unspecified atom stereocenters. The fraction of sp³-hybridized carbons (Fsp3) is 0.0588. The van der Waals surface area contributed by atoms with Crippen molar-refractivity contribution in [2.45, 2.75) is 6.92 Å². The average molecular weight is 295 g/mol. The molecule has 1 heterocycles. The summed E-state index contributed by atoms with van der Waals surface area (Å²) in [6, 6.07) is 13.7. The molecule has 0 aliphatic rings. The van der Waals surface area contributed by atoms with Crippen molar-refractivity contribution >= 4 is 11.6 Å². The second-order valence-corrected chi connectivity index (χ2v) is 4.93. The zero-order valence-corrected chi connectivity index (χ0v) is 11.9. The van der Waals surface area contributed by atoms with E-state index in [-0.39, 0.29) is 11.7 Å². The number of aromatic nitrogens is 2. The number of rotatable bonds is 3. The van der Waals surface area contributed by atoms with Gasteiger partial charge in [0.2, 0.25) is 5.91 Å². The molecule has 110 valence electrons. The van der Waals surface area contributed by atoms with Crippen molar-refractivity contribution in [3.05, 3.63) is 60.5 Å². The molecule has 0 spiro atoms. The second kappa shape index (κ2) is 5.81. The van der Waals surface area contributed by atoms with Crippen LogP contribution in [-0.4, -0.2) is 16.1 Å². The van der Waals surface area contributed by atoms with Crippen molar-refractivity contribution in [2.75, 3.05) is 5.32 Å². The average Bonchev–Trinajstić information content (AvgIpc) is 2.97. The third kappa shape index (κ3) is 2.88. The van der Waals surface area contributed by atoms with Gasteiger partial charge in [0.05, 0.1) is 11.9 Å². The Bertz CT molecular complexity index is 809. The van der Waals surface area contributed by atoms with E-state index in [0.29, 0.717) is 0 Å². The van der Waals surface area contributed by atoms with Crippen molar-refractivity contribution in [1.29, 1.82) is 0 Å². The van der Waals surface area contributed by atoms with E-state index < -0.39 is 0 Å². The van der Waals surface area contributed by atoms with E-state index in [2.05, 4.69) is 15.5 Å². The molecule has 0 aliphatic heterocycles. The summed E-state index contributed by atoms with van der Waals surface area (Å²) in [5.41, 5.74) is 4.17. The van der Waals surface area contributed by atoms with Gasteiger partial charge in [-0.15, -0.1) is 0 Å². The normalized spacial score (nSPS) is 10.5. The predicted molar refractivity (Wildman–Crippen MR) is 83.7 cm³/mol. The van der Waals surface area contributed by atoms with E-state index in [4.69, 9.17) is 0 Å². The molecule has 0 atom stereocenters. The number of anilines is 1. The molecule has 0 bridgehead atoms. The number of nitrogens with one attached hydrogen (secondary N) is 2. The first-order chi connectivity index (χ1) is 10.6. The SMILES string of the molecule is CC(=O)Nc1cccc(-c2cn[nH]c2-c2ccc(F)cc2)c1. The Morgan fingerprint density at radius 1 is 1.14 bits per heavy atom. The van der Waals surface area contributed by atoms with E-state index in [1.165, 1.54) is 19.1 Å². The molecule has 22 heavy (non-hydrogen) atoms. The topological polar surface area (TPSA) is 57.8 Å². The van der Waals surface area contributed by atoms with Crippen LogP contribution in [0.3, 0.4) is 0 Å². The molecule has 0 aliphatic carbocycles. The summed E-state index contributed by atoms with van der Waals surface area (Å²) < 4.78 is 13.1. The Morgan fingerprint density at radius 2 is 1.91 bits per heavy atom. The van der Waals surface area contributed by atoms with Gasteiger partial charge in [-0.2, -0.15) is 5.10 Å². The molecule has 5 heteroatoms. The maximum Gasteiger partial charge on any atom is 0.221 e. The lowest BCUT2D eigenvalue weighted by Gasteiger charge is -2.07. The van der Waals surface area contributed by atoms with E-state index in [9.17, 15) is 9.18 Å². The first kappa shape index (κ1) is 14.0. The van der Waals surface area contributed by atoms with Gasteiger partial charge in [-0.1, -0.05) is 12.1 Å². The quantitative estimate of drug-likeness (QED) is 0.771. The number of aromatic amines is 1. The molecular formula is C17H14FN3O. The van der Waals surface area contributed by atoms with Gasteiger partial charge in [0, 0.05) is 23.7 Å². The maximum atomic E-state index is 13.1. The van der Waals surface area contributed by atoms with Crippen molar-refractivity contribution in [2.24, 2.45) is 0 Å². The first-order valence-electron chi connectivity index (χ1n) is 6.81. The molecule has 0 fully saturated rings. The number of amides is 1. The summed E-state index contributed by atoms with van der Waals surface area (Å²) in [5, 5.41) is 9.78. The van der Waals surface area contributed by atoms with Gasteiger partial charge in [0.15, 0.2) is 0 Å². The number of hydrogen-bond donors (Lipinski definition) is 2. The van der Waals surface area contributed by atoms with Gasteiger partial charge >= 0.3 is 0 Å². The molecule has 0 saturated heterocycles. The monoisotopic (exact) mass is 295 g/mol. The van der Waals surface area contributed by atoms with Crippen LogP contribution in [0.1, 0.15) is 6.92 Å². The van der Waals surface area contributed by atoms with Gasteiger partial charge in [0.1, 0.15) is 5.82 Å². The van der Waals surface area contributed by atoms with Crippen molar-refractivity contribution in [3.63, 3.8) is 0 Å². The molecule has 3 rings (SSSR count). The van der Waals surface area contributed by atoms with Gasteiger partial charge in [0.25, 0.3) is 0 Å². The van der Waals surface area contributed by atoms with Crippen LogP contribution in [0.25, 0.3) is 22.4 Å². The number of hydrogen-bond acceptors (Lipinski definition) is 2. The summed E-state index contributed by atoms with van der Waals surface area (Å²) in [6.45, 7) is 1.47. The fourth-order valence-corrected chi connectivity index (χ4v) is 2.31. The van der Waals surface area contributed by atoms with E-state index in [1.807, 2.05) is 24.3 Å². The lowest BCUT2D eigenvalue weighted by Crippen LogP contribution is -2.05. The first-order valence-corrected chi connectivity index (χ1v) is 6.81. The minimum absolute atomic E-state index is 0.122. The number of halogens is 1. The largest absolute Gasteiger partial charge is 0.326 e. The zero-order chi connectivity index (χ0) is 15.5. The van der Waals surface area contributed by atoms with Crippen LogP contribution in [0, 0.1) is 5.82 Å². The molecule has 1 aromatic heterocycles. The number of carbonyl (C=O) groups is 1. The third-order valence-corrected chi connectivity index (χ3v) is 3.27. The van der Waals surface area contributed by atoms with Crippen LogP contribution in [0.4, 0.5) is 10.1 Å². The molecule has 2 N–H and O–H groups in total. The van der Waals surface area contributed by atoms with Crippen LogP contribution < -0.4 is 5.32 Å². The Balaban J connectivity index is 2.01. The van der Waals surface area contributed by atoms with E-state index >= 15 is 0 Å². The Hall–Kier alpha value is -2.95. The second-order valence-electron chi connectivity index (χ2n) is 4.93. The predicted octanol–water partition coefficient (Wildman–Crippen LogP) is 3.84. The summed E-state index contributed by atoms with van der Waals surface area (Å²) in [5.74, 6) is -0.402. The summed E-state index contributed by atoms with van der Waals surface area (Å²) in [6.07, 6.45) is 1.71. The highest BCUT2D eigenvalue weighted by Gasteiger charge is 2.10. The molecule has 4 nitrogen and oxygen atoms in total. The summed E-state index contributed by atoms with van der Waals surface area (Å²) in [7, 11) is 0. The lowest BCUT2D eigenvalue weighted by atomic mass is 10.0.